The average molecular weight is 321 g/mol. The van der Waals surface area contributed by atoms with Crippen molar-refractivity contribution in [1.82, 2.24) is 4.98 Å². The number of furan rings is 1. The van der Waals surface area contributed by atoms with Crippen molar-refractivity contribution >= 4 is 27.5 Å². The van der Waals surface area contributed by atoms with E-state index in [1.54, 1.807) is 41.9 Å². The number of fused-ring (bicyclic) bond motifs is 1. The number of hydrogen-bond acceptors (Lipinski definition) is 4. The third-order valence-electron chi connectivity index (χ3n) is 3.56. The molecule has 0 fully saturated rings. The van der Waals surface area contributed by atoms with Crippen molar-refractivity contribution in [3.63, 3.8) is 0 Å². The summed E-state index contributed by atoms with van der Waals surface area (Å²) in [5.41, 5.74) is 2.98. The number of thiazole rings is 1. The van der Waals surface area contributed by atoms with Gasteiger partial charge in [-0.15, -0.1) is 11.3 Å². The molecule has 5 heteroatoms. The number of nitrogens with zero attached hydrogens (tertiary/aromatic N) is 1. The molecule has 0 aliphatic rings. The largest absolute Gasteiger partial charge is 0.478 e. The standard InChI is InChI=1S/C18H11NO3S/c20-18(21)12-7-5-11(6-8-12)15-9-13(10-22-15)17-19-14-3-1-2-4-16(14)23-17/h1-10H,(H,20,21). The molecule has 0 aliphatic heterocycles. The lowest BCUT2D eigenvalue weighted by Crippen LogP contribution is -1.94. The fraction of sp³-hybridized carbons (Fsp3) is 0. The molecule has 0 spiro atoms. The molecule has 4 rings (SSSR count). The summed E-state index contributed by atoms with van der Waals surface area (Å²) < 4.78 is 6.76. The number of hydrogen-bond donors (Lipinski definition) is 1. The van der Waals surface area contributed by atoms with E-state index in [1.807, 2.05) is 30.3 Å². The summed E-state index contributed by atoms with van der Waals surface area (Å²) in [6, 6.07) is 16.5. The minimum atomic E-state index is -0.939. The Morgan fingerprint density at radius 3 is 2.57 bits per heavy atom. The number of para-hydroxylation sites is 1. The number of aromatic carboxylic acids is 1. The second-order valence-corrected chi connectivity index (χ2v) is 6.10. The summed E-state index contributed by atoms with van der Waals surface area (Å²) in [6.07, 6.45) is 1.68. The van der Waals surface area contributed by atoms with E-state index in [2.05, 4.69) is 4.98 Å². The molecule has 0 saturated heterocycles. The molecule has 0 atom stereocenters. The average Bonchev–Trinajstić information content (AvgIpc) is 3.21. The van der Waals surface area contributed by atoms with E-state index in [-0.39, 0.29) is 5.56 Å². The Labute approximate surface area is 135 Å². The minimum absolute atomic E-state index is 0.256. The van der Waals surface area contributed by atoms with Crippen LogP contribution >= 0.6 is 11.3 Å². The third kappa shape index (κ3) is 2.51. The molecule has 0 saturated carbocycles. The molecule has 112 valence electrons. The maximum Gasteiger partial charge on any atom is 0.335 e. The number of aromatic nitrogens is 1. The highest BCUT2D eigenvalue weighted by Crippen LogP contribution is 2.33. The van der Waals surface area contributed by atoms with Crippen molar-refractivity contribution in [2.75, 3.05) is 0 Å². The predicted molar refractivity (Wildman–Crippen MR) is 89.7 cm³/mol. The van der Waals surface area contributed by atoms with Gasteiger partial charge in [0.05, 0.1) is 15.8 Å². The molecule has 23 heavy (non-hydrogen) atoms. The number of benzene rings is 2. The van der Waals surface area contributed by atoms with Crippen LogP contribution < -0.4 is 0 Å². The zero-order valence-corrected chi connectivity index (χ0v) is 12.7. The zero-order valence-electron chi connectivity index (χ0n) is 11.9. The molecule has 0 bridgehead atoms. The quantitative estimate of drug-likeness (QED) is 0.581. The second kappa shape index (κ2) is 5.37. The highest BCUT2D eigenvalue weighted by Gasteiger charge is 2.11. The fourth-order valence-corrected chi connectivity index (χ4v) is 3.31. The molecule has 4 aromatic rings. The molecule has 4 nitrogen and oxygen atoms in total. The van der Waals surface area contributed by atoms with Crippen LogP contribution in [0.25, 0.3) is 32.1 Å². The highest BCUT2D eigenvalue weighted by molar-refractivity contribution is 7.21. The first kappa shape index (κ1) is 13.7. The normalized spacial score (nSPS) is 11.0. The lowest BCUT2D eigenvalue weighted by atomic mass is 10.1. The van der Waals surface area contributed by atoms with Crippen molar-refractivity contribution in [1.29, 1.82) is 0 Å². The highest BCUT2D eigenvalue weighted by atomic mass is 32.1. The van der Waals surface area contributed by atoms with Crippen LogP contribution in [0.3, 0.4) is 0 Å². The van der Waals surface area contributed by atoms with Crippen molar-refractivity contribution in [3.8, 4) is 21.9 Å². The van der Waals surface area contributed by atoms with E-state index in [1.165, 1.54) is 0 Å². The lowest BCUT2D eigenvalue weighted by Gasteiger charge is -1.97. The van der Waals surface area contributed by atoms with Gasteiger partial charge < -0.3 is 9.52 Å². The van der Waals surface area contributed by atoms with E-state index in [0.29, 0.717) is 5.76 Å². The lowest BCUT2D eigenvalue weighted by molar-refractivity contribution is 0.0697. The van der Waals surface area contributed by atoms with Gasteiger partial charge >= 0.3 is 5.97 Å². The minimum Gasteiger partial charge on any atom is -0.478 e. The van der Waals surface area contributed by atoms with Crippen LogP contribution in [0.15, 0.2) is 65.3 Å². The number of carbonyl (C=O) groups is 1. The molecule has 0 radical (unpaired) electrons. The molecular weight excluding hydrogens is 310 g/mol. The van der Waals surface area contributed by atoms with Crippen LogP contribution in [0.4, 0.5) is 0 Å². The Hall–Kier alpha value is -2.92. The van der Waals surface area contributed by atoms with Crippen molar-refractivity contribution < 1.29 is 14.3 Å². The predicted octanol–water partition coefficient (Wildman–Crippen LogP) is 4.92. The number of carboxylic acid groups (broad SMARTS) is 1. The van der Waals surface area contributed by atoms with Gasteiger partial charge in [-0.2, -0.15) is 0 Å². The van der Waals surface area contributed by atoms with Crippen LogP contribution in [0, 0.1) is 0 Å². The van der Waals surface area contributed by atoms with Gasteiger partial charge in [0.1, 0.15) is 17.0 Å². The fourth-order valence-electron chi connectivity index (χ4n) is 2.37. The van der Waals surface area contributed by atoms with Crippen molar-refractivity contribution in [3.05, 3.63) is 66.4 Å². The summed E-state index contributed by atoms with van der Waals surface area (Å²) in [7, 11) is 0. The summed E-state index contributed by atoms with van der Waals surface area (Å²) in [5, 5.41) is 9.84. The van der Waals surface area contributed by atoms with Gasteiger partial charge in [0.15, 0.2) is 0 Å². The number of carboxylic acids is 1. The molecule has 0 amide bonds. The van der Waals surface area contributed by atoms with Gasteiger partial charge in [-0.1, -0.05) is 24.3 Å². The first-order valence-electron chi connectivity index (χ1n) is 6.99. The first-order chi connectivity index (χ1) is 11.2. The molecule has 1 N–H and O–H groups in total. The topological polar surface area (TPSA) is 63.3 Å². The Morgan fingerprint density at radius 2 is 1.83 bits per heavy atom. The third-order valence-corrected chi connectivity index (χ3v) is 4.64. The van der Waals surface area contributed by atoms with Crippen molar-refractivity contribution in [2.45, 2.75) is 0 Å². The molecular formula is C18H11NO3S. The van der Waals surface area contributed by atoms with E-state index in [0.717, 1.165) is 26.4 Å². The maximum atomic E-state index is 10.9. The van der Waals surface area contributed by atoms with Crippen LogP contribution in [0.2, 0.25) is 0 Å². The second-order valence-electron chi connectivity index (χ2n) is 5.07. The van der Waals surface area contributed by atoms with Gasteiger partial charge in [-0.25, -0.2) is 9.78 Å². The summed E-state index contributed by atoms with van der Waals surface area (Å²) in [4.78, 5) is 15.5. The van der Waals surface area contributed by atoms with Crippen LogP contribution in [0.5, 0.6) is 0 Å². The molecule has 0 unspecified atom stereocenters. The smallest absolute Gasteiger partial charge is 0.335 e. The van der Waals surface area contributed by atoms with Gasteiger partial charge in [0.2, 0.25) is 0 Å². The maximum absolute atomic E-state index is 10.9. The van der Waals surface area contributed by atoms with Gasteiger partial charge in [0, 0.05) is 11.1 Å². The van der Waals surface area contributed by atoms with E-state index < -0.39 is 5.97 Å². The van der Waals surface area contributed by atoms with Crippen LogP contribution in [0.1, 0.15) is 10.4 Å². The zero-order chi connectivity index (χ0) is 15.8. The van der Waals surface area contributed by atoms with E-state index >= 15 is 0 Å². The first-order valence-corrected chi connectivity index (χ1v) is 7.80. The van der Waals surface area contributed by atoms with Crippen LogP contribution in [-0.2, 0) is 0 Å². The van der Waals surface area contributed by atoms with Crippen LogP contribution in [-0.4, -0.2) is 16.1 Å². The Bertz CT molecular complexity index is 965. The van der Waals surface area contributed by atoms with Crippen molar-refractivity contribution in [2.24, 2.45) is 0 Å². The number of rotatable bonds is 3. The Kier molecular flexibility index (Phi) is 3.20. The van der Waals surface area contributed by atoms with Gasteiger partial charge in [0.25, 0.3) is 0 Å². The molecule has 2 aromatic heterocycles. The molecule has 0 aliphatic carbocycles. The Morgan fingerprint density at radius 1 is 1.04 bits per heavy atom. The molecule has 2 heterocycles. The SMILES string of the molecule is O=C(O)c1ccc(-c2cc(-c3nc4ccccc4s3)co2)cc1. The summed E-state index contributed by atoms with van der Waals surface area (Å²) in [6.45, 7) is 0. The summed E-state index contributed by atoms with van der Waals surface area (Å²) in [5.74, 6) is -0.248. The van der Waals surface area contributed by atoms with E-state index in [4.69, 9.17) is 9.52 Å². The molecule has 2 aromatic carbocycles. The monoisotopic (exact) mass is 321 g/mol. The summed E-state index contributed by atoms with van der Waals surface area (Å²) >= 11 is 1.62. The van der Waals surface area contributed by atoms with Gasteiger partial charge in [-0.3, -0.25) is 0 Å². The van der Waals surface area contributed by atoms with E-state index in [9.17, 15) is 4.79 Å². The Balaban J connectivity index is 1.69. The van der Waals surface area contributed by atoms with Gasteiger partial charge in [-0.05, 0) is 30.3 Å².